The summed E-state index contributed by atoms with van der Waals surface area (Å²) < 4.78 is 6.71. The molecule has 0 amide bonds. The molecule has 0 atom stereocenters. The molecule has 0 spiro atoms. The molecule has 0 bridgehead atoms. The predicted molar refractivity (Wildman–Crippen MR) is 260 cm³/mol. The first-order chi connectivity index (χ1) is 30.2. The Balaban J connectivity index is 1.02. The largest absolute Gasteiger partial charge is 0.455 e. The topological polar surface area (TPSA) is 13.1 Å². The maximum absolute atomic E-state index is 6.71. The lowest BCUT2D eigenvalue weighted by atomic mass is 9.83. The van der Waals surface area contributed by atoms with Crippen LogP contribution in [-0.2, 0) is 6.42 Å². The third kappa shape index (κ3) is 4.66. The second-order valence-corrected chi connectivity index (χ2v) is 17.0. The molecule has 61 heavy (non-hydrogen) atoms. The summed E-state index contributed by atoms with van der Waals surface area (Å²) in [4.78, 5) is 0. The molecule has 282 valence electrons. The standard InChI is InChI=1S/C60H36O/c1-2-13-44-43(12-1)42(32-33-45(44)46-27-22-39-20-18-35-8-5-10-37-24-30-50(46)58(39)56(35)37)41-26-29-48(52-15-7-16-53-49-14-3-4-17-55(49)61-60(52)53)54(34-41)47-28-23-40-21-19-36-9-6-11-38-25-31-51(47)59(40)57(36)38/h1-5,7-10,12-34H,6,11H2. The monoisotopic (exact) mass is 772 g/mol. The number of benzene rings is 12. The van der Waals surface area contributed by atoms with Gasteiger partial charge in [-0.2, -0.15) is 0 Å². The zero-order valence-corrected chi connectivity index (χ0v) is 33.3. The van der Waals surface area contributed by atoms with Gasteiger partial charge in [0.1, 0.15) is 11.2 Å². The molecule has 0 N–H and O–H groups in total. The van der Waals surface area contributed by atoms with Crippen LogP contribution in [0.3, 0.4) is 0 Å². The second-order valence-electron chi connectivity index (χ2n) is 17.0. The van der Waals surface area contributed by atoms with E-state index in [2.05, 4.69) is 194 Å². The van der Waals surface area contributed by atoms with Gasteiger partial charge in [-0.3, -0.25) is 0 Å². The second kappa shape index (κ2) is 12.4. The minimum Gasteiger partial charge on any atom is -0.455 e. The van der Waals surface area contributed by atoms with Gasteiger partial charge in [0.25, 0.3) is 0 Å². The summed E-state index contributed by atoms with van der Waals surface area (Å²) >= 11 is 0. The van der Waals surface area contributed by atoms with E-state index in [4.69, 9.17) is 4.42 Å². The Morgan fingerprint density at radius 3 is 1.74 bits per heavy atom. The maximum Gasteiger partial charge on any atom is 0.143 e. The summed E-state index contributed by atoms with van der Waals surface area (Å²) in [5, 5.41) is 19.3. The van der Waals surface area contributed by atoms with Crippen LogP contribution in [0.15, 0.2) is 192 Å². The summed E-state index contributed by atoms with van der Waals surface area (Å²) in [7, 11) is 0. The highest BCUT2D eigenvalue weighted by Crippen LogP contribution is 2.47. The average molecular weight is 773 g/mol. The van der Waals surface area contributed by atoms with E-state index in [1.54, 1.807) is 0 Å². The predicted octanol–water partition coefficient (Wildman–Crippen LogP) is 16.1. The van der Waals surface area contributed by atoms with Gasteiger partial charge < -0.3 is 4.42 Å². The van der Waals surface area contributed by atoms with Crippen molar-refractivity contribution in [2.45, 2.75) is 12.8 Å². The molecular weight excluding hydrogens is 737 g/mol. The highest BCUT2D eigenvalue weighted by Gasteiger charge is 2.21. The van der Waals surface area contributed by atoms with Gasteiger partial charge in [0.15, 0.2) is 0 Å². The van der Waals surface area contributed by atoms with Gasteiger partial charge >= 0.3 is 0 Å². The zero-order valence-electron chi connectivity index (χ0n) is 33.3. The number of aryl methyl sites for hydroxylation is 1. The molecule has 1 heteroatoms. The van der Waals surface area contributed by atoms with Crippen LogP contribution >= 0.6 is 0 Å². The van der Waals surface area contributed by atoms with Crippen LogP contribution < -0.4 is 5.22 Å². The highest BCUT2D eigenvalue weighted by atomic mass is 16.3. The van der Waals surface area contributed by atoms with Crippen molar-refractivity contribution >= 4 is 92.6 Å². The average Bonchev–Trinajstić information content (AvgIpc) is 3.71. The van der Waals surface area contributed by atoms with Crippen LogP contribution in [0.4, 0.5) is 0 Å². The van der Waals surface area contributed by atoms with Crippen molar-refractivity contribution in [3.8, 4) is 44.5 Å². The van der Waals surface area contributed by atoms with Crippen molar-refractivity contribution in [1.29, 1.82) is 0 Å². The van der Waals surface area contributed by atoms with E-state index in [9.17, 15) is 0 Å². The first-order valence-electron chi connectivity index (χ1n) is 21.5. The third-order valence-corrected chi connectivity index (χ3v) is 13.9. The van der Waals surface area contributed by atoms with Gasteiger partial charge in [-0.15, -0.1) is 0 Å². The first-order valence-corrected chi connectivity index (χ1v) is 21.5. The molecule has 1 nitrogen and oxygen atoms in total. The Kier molecular flexibility index (Phi) is 6.73. The van der Waals surface area contributed by atoms with Crippen LogP contribution in [0.1, 0.15) is 12.0 Å². The Morgan fingerprint density at radius 1 is 0.328 bits per heavy atom. The first kappa shape index (κ1) is 33.1. The Morgan fingerprint density at radius 2 is 0.902 bits per heavy atom. The van der Waals surface area contributed by atoms with Gasteiger partial charge in [0, 0.05) is 16.3 Å². The van der Waals surface area contributed by atoms with Gasteiger partial charge in [0.2, 0.25) is 0 Å². The lowest BCUT2D eigenvalue weighted by Gasteiger charge is -2.20. The van der Waals surface area contributed by atoms with Crippen molar-refractivity contribution in [2.24, 2.45) is 0 Å². The fourth-order valence-electron chi connectivity index (χ4n) is 11.1. The quantitative estimate of drug-likeness (QED) is 0.162. The fourth-order valence-corrected chi connectivity index (χ4v) is 11.1. The Labute approximate surface area is 351 Å². The number of furan rings is 1. The van der Waals surface area contributed by atoms with Gasteiger partial charge in [-0.05, 0) is 139 Å². The van der Waals surface area contributed by atoms with Crippen molar-refractivity contribution in [3.63, 3.8) is 0 Å². The van der Waals surface area contributed by atoms with Gasteiger partial charge in [-0.25, -0.2) is 0 Å². The summed E-state index contributed by atoms with van der Waals surface area (Å²) in [5.74, 6) is 0. The maximum atomic E-state index is 6.71. The van der Waals surface area contributed by atoms with Crippen LogP contribution in [0.5, 0.6) is 0 Å². The molecule has 14 rings (SSSR count). The summed E-state index contributed by atoms with van der Waals surface area (Å²) in [6.07, 6.45) is 4.59. The van der Waals surface area contributed by atoms with E-state index in [-0.39, 0.29) is 0 Å². The number of rotatable bonds is 4. The van der Waals surface area contributed by atoms with Crippen LogP contribution in [-0.4, -0.2) is 0 Å². The van der Waals surface area contributed by atoms with Crippen LogP contribution in [0.25, 0.3) is 137 Å². The molecule has 13 aromatic rings. The third-order valence-electron chi connectivity index (χ3n) is 13.9. The molecule has 0 fully saturated rings. The summed E-state index contributed by atoms with van der Waals surface area (Å²) in [5.41, 5.74) is 12.9. The van der Waals surface area contributed by atoms with Crippen molar-refractivity contribution in [3.05, 3.63) is 199 Å². The van der Waals surface area contributed by atoms with E-state index >= 15 is 0 Å². The number of hydrogen-bond acceptors (Lipinski definition) is 1. The van der Waals surface area contributed by atoms with Gasteiger partial charge in [0.05, 0.1) is 0 Å². The van der Waals surface area contributed by atoms with Crippen LogP contribution in [0, 0.1) is 0 Å². The lowest BCUT2D eigenvalue weighted by Crippen LogP contribution is -2.10. The molecule has 1 aliphatic rings. The molecule has 0 radical (unpaired) electrons. The normalized spacial score (nSPS) is 12.9. The van der Waals surface area contributed by atoms with Crippen LogP contribution in [0.2, 0.25) is 0 Å². The molecule has 1 aromatic heterocycles. The van der Waals surface area contributed by atoms with E-state index in [1.165, 1.54) is 109 Å². The van der Waals surface area contributed by atoms with Crippen molar-refractivity contribution < 1.29 is 4.42 Å². The number of para-hydroxylation sites is 2. The fraction of sp³-hybridized carbons (Fsp3) is 0.0333. The number of fused-ring (bicyclic) bond motifs is 4. The minimum atomic E-state index is 0.911. The molecule has 12 aromatic carbocycles. The van der Waals surface area contributed by atoms with E-state index in [0.29, 0.717) is 0 Å². The molecule has 1 aliphatic carbocycles. The SMILES string of the molecule is C1=c2ccc3ccc(-c4cc(-c5ccc(-c6ccc7ccc8cccc9ccc6c7c89)c6ccccc56)ccc4-c4cccc5c4oc4ccccc45)c4ccc(c2c34)CC1. The zero-order chi connectivity index (χ0) is 39.8. The van der Waals surface area contributed by atoms with Gasteiger partial charge in [-0.1, -0.05) is 182 Å². The molecule has 0 saturated heterocycles. The number of hydrogen-bond donors (Lipinski definition) is 0. The smallest absolute Gasteiger partial charge is 0.143 e. The van der Waals surface area contributed by atoms with Crippen molar-refractivity contribution in [2.75, 3.05) is 0 Å². The highest BCUT2D eigenvalue weighted by molar-refractivity contribution is 6.26. The molecule has 0 unspecified atom stereocenters. The van der Waals surface area contributed by atoms with E-state index < -0.39 is 0 Å². The van der Waals surface area contributed by atoms with E-state index in [1.807, 2.05) is 0 Å². The van der Waals surface area contributed by atoms with Crippen molar-refractivity contribution in [1.82, 2.24) is 0 Å². The summed E-state index contributed by atoms with van der Waals surface area (Å²) in [6.45, 7) is 0. The van der Waals surface area contributed by atoms with E-state index in [0.717, 1.165) is 45.9 Å². The molecule has 0 saturated carbocycles. The summed E-state index contributed by atoms with van der Waals surface area (Å²) in [6, 6.07) is 70.3. The minimum absolute atomic E-state index is 0.911. The molecule has 0 aliphatic heterocycles. The lowest BCUT2D eigenvalue weighted by molar-refractivity contribution is 0.670. The Hall–Kier alpha value is -7.74. The molecular formula is C60H36O. The molecule has 1 heterocycles. The Bertz CT molecular complexity index is 4030.